The smallest absolute Gasteiger partial charge is 0.284 e. The van der Waals surface area contributed by atoms with E-state index in [9.17, 15) is 8.78 Å². The highest BCUT2D eigenvalue weighted by molar-refractivity contribution is 5.88. The summed E-state index contributed by atoms with van der Waals surface area (Å²) < 4.78 is 43.0. The minimum absolute atomic E-state index is 0.0996. The molecule has 1 unspecified atom stereocenters. The van der Waals surface area contributed by atoms with Gasteiger partial charge in [-0.3, -0.25) is 9.36 Å². The number of nitrogen functional groups attached to an aromatic ring is 1. The third kappa shape index (κ3) is 6.86. The molecule has 4 fully saturated rings. The quantitative estimate of drug-likeness (QED) is 0.283. The third-order valence-corrected chi connectivity index (χ3v) is 10.8. The summed E-state index contributed by atoms with van der Waals surface area (Å²) in [4.78, 5) is 2.59. The molecule has 0 bridgehead atoms. The Morgan fingerprint density at radius 2 is 1.78 bits per heavy atom. The van der Waals surface area contributed by atoms with Gasteiger partial charge in [0.2, 0.25) is 0 Å². The summed E-state index contributed by atoms with van der Waals surface area (Å²) in [7, 11) is 0. The zero-order valence-electron chi connectivity index (χ0n) is 26.6. The Morgan fingerprint density at radius 1 is 0.978 bits per heavy atom. The van der Waals surface area contributed by atoms with Crippen LogP contribution < -0.4 is 15.8 Å². The van der Waals surface area contributed by atoms with Gasteiger partial charge in [-0.1, -0.05) is 6.07 Å². The first-order chi connectivity index (χ1) is 21.9. The molecule has 3 N–H and O–H groups in total. The number of halogens is 2. The van der Waals surface area contributed by atoms with Crippen LogP contribution >= 0.6 is 0 Å². The van der Waals surface area contributed by atoms with Gasteiger partial charge < -0.3 is 25.4 Å². The Kier molecular flexibility index (Phi) is 9.29. The fourth-order valence-corrected chi connectivity index (χ4v) is 8.11. The molecule has 2 saturated carbocycles. The average Bonchev–Trinajstić information content (AvgIpc) is 3.60. The number of likely N-dealkylation sites (tertiary alicyclic amines) is 1. The lowest BCUT2D eigenvalue weighted by atomic mass is 9.83. The van der Waals surface area contributed by atoms with Crippen LogP contribution in [0.15, 0.2) is 24.4 Å². The molecule has 1 atom stereocenters. The van der Waals surface area contributed by atoms with Crippen LogP contribution in [0.5, 0.6) is 5.75 Å². The molecule has 2 saturated heterocycles. The number of hydrogen-bond donors (Lipinski definition) is 2. The van der Waals surface area contributed by atoms with Crippen LogP contribution in [-0.2, 0) is 4.74 Å². The number of piperidine rings is 2. The van der Waals surface area contributed by atoms with Crippen LogP contribution in [0.25, 0.3) is 10.9 Å². The van der Waals surface area contributed by atoms with Gasteiger partial charge in [0.15, 0.2) is 5.69 Å². The highest BCUT2D eigenvalue weighted by atomic mass is 19.3. The van der Waals surface area contributed by atoms with E-state index >= 15 is 0 Å². The van der Waals surface area contributed by atoms with Crippen LogP contribution in [0.2, 0.25) is 0 Å². The molecule has 2 aliphatic heterocycles. The number of ether oxygens (including phenoxy) is 2. The van der Waals surface area contributed by atoms with Gasteiger partial charge in [0, 0.05) is 32.4 Å². The zero-order valence-corrected chi connectivity index (χ0v) is 26.6. The molecule has 7 rings (SSSR count). The van der Waals surface area contributed by atoms with Gasteiger partial charge >= 0.3 is 0 Å². The zero-order chi connectivity index (χ0) is 30.9. The molecule has 0 radical (unpaired) electrons. The van der Waals surface area contributed by atoms with Crippen molar-refractivity contribution in [2.45, 2.75) is 102 Å². The molecule has 246 valence electrons. The van der Waals surface area contributed by atoms with Crippen molar-refractivity contribution in [3.63, 3.8) is 0 Å². The van der Waals surface area contributed by atoms with Crippen molar-refractivity contribution >= 4 is 16.6 Å². The highest BCUT2D eigenvalue weighted by Crippen LogP contribution is 2.38. The fraction of sp³-hybridized carbons (Fsp3) is 0.706. The Hall–Kier alpha value is -2.76. The maximum absolute atomic E-state index is 13.1. The van der Waals surface area contributed by atoms with Crippen molar-refractivity contribution in [3.05, 3.63) is 35.8 Å². The number of anilines is 1. The van der Waals surface area contributed by atoms with Crippen LogP contribution in [0, 0.1) is 18.8 Å². The number of nitrogens with two attached hydrogens (primary N) is 1. The molecular formula is C34H49F2N7O2. The Morgan fingerprint density at radius 3 is 2.49 bits per heavy atom. The van der Waals surface area contributed by atoms with Gasteiger partial charge in [0.05, 0.1) is 53.2 Å². The van der Waals surface area contributed by atoms with Crippen molar-refractivity contribution in [2.75, 3.05) is 45.1 Å². The van der Waals surface area contributed by atoms with Crippen molar-refractivity contribution in [2.24, 2.45) is 11.8 Å². The van der Waals surface area contributed by atoms with E-state index in [1.807, 2.05) is 0 Å². The van der Waals surface area contributed by atoms with Gasteiger partial charge in [-0.05, 0) is 102 Å². The van der Waals surface area contributed by atoms with Crippen molar-refractivity contribution in [3.8, 4) is 5.75 Å². The number of alkyl halides is 2. The van der Waals surface area contributed by atoms with E-state index in [-0.39, 0.29) is 23.5 Å². The monoisotopic (exact) mass is 625 g/mol. The number of aromatic nitrogens is 4. The highest BCUT2D eigenvalue weighted by Gasteiger charge is 2.34. The molecule has 0 spiro atoms. The lowest BCUT2D eigenvalue weighted by Gasteiger charge is -2.38. The molecule has 2 aromatic heterocycles. The third-order valence-electron chi connectivity index (χ3n) is 10.8. The first-order valence-corrected chi connectivity index (χ1v) is 17.2. The number of rotatable bonds is 10. The second-order valence-corrected chi connectivity index (χ2v) is 14.0. The molecule has 0 amide bonds. The number of nitrogens with one attached hydrogen (secondary N) is 1. The lowest BCUT2D eigenvalue weighted by Crippen LogP contribution is -2.42. The molecule has 9 nitrogen and oxygen atoms in total. The topological polar surface area (TPSA) is 95.4 Å². The molecule has 2 aliphatic carbocycles. The number of hydrogen-bond acceptors (Lipinski definition) is 7. The Balaban J connectivity index is 0.806. The summed E-state index contributed by atoms with van der Waals surface area (Å²) >= 11 is 0. The number of fused-ring (bicyclic) bond motifs is 1. The average molecular weight is 626 g/mol. The normalized spacial score (nSPS) is 28.5. The van der Waals surface area contributed by atoms with E-state index < -0.39 is 6.43 Å². The first-order valence-electron chi connectivity index (χ1n) is 17.2. The van der Waals surface area contributed by atoms with Crippen LogP contribution in [0.3, 0.4) is 0 Å². The standard InChI is InChI=1S/C34H49F2N7O2/c1-22-32-30(43(39-22)26-4-3-13-38-18-26)5-2-6-31(32)45-28-16-24(17-28)21-44-27-11-14-41(15-12-27)19-23-7-9-25(10-8-23)42-20-29(37)33(40-42)34(35)36/h2,5-6,20,23-28,34,38H,3-4,7-19,21,37H2,1H3. The fourth-order valence-electron chi connectivity index (χ4n) is 8.11. The maximum atomic E-state index is 13.1. The number of nitrogens with zero attached hydrogens (tertiary/aromatic N) is 5. The molecule has 1 aromatic carbocycles. The number of aryl methyl sites for hydroxylation is 1. The minimum atomic E-state index is -2.62. The van der Waals surface area contributed by atoms with E-state index in [0.29, 0.717) is 24.0 Å². The Labute approximate surface area is 264 Å². The number of benzene rings is 1. The summed E-state index contributed by atoms with van der Waals surface area (Å²) in [5.41, 5.74) is 7.80. The van der Waals surface area contributed by atoms with E-state index in [0.717, 1.165) is 114 Å². The predicted molar refractivity (Wildman–Crippen MR) is 171 cm³/mol. The summed E-state index contributed by atoms with van der Waals surface area (Å²) in [5.74, 6) is 2.19. The lowest BCUT2D eigenvalue weighted by molar-refractivity contribution is -0.0481. The first kappa shape index (κ1) is 30.9. The van der Waals surface area contributed by atoms with Gasteiger partial charge in [0.25, 0.3) is 6.43 Å². The van der Waals surface area contributed by atoms with Gasteiger partial charge in [-0.25, -0.2) is 8.78 Å². The molecule has 11 heteroatoms. The second kappa shape index (κ2) is 13.5. The van der Waals surface area contributed by atoms with Crippen molar-refractivity contribution in [1.29, 1.82) is 0 Å². The second-order valence-electron chi connectivity index (χ2n) is 14.0. The SMILES string of the molecule is Cc1nn(C2CCCNC2)c2cccc(OC3CC(COC4CCN(CC5CCC(n6cc(N)c(C(F)F)n6)CC5)CC4)C3)c12. The van der Waals surface area contributed by atoms with Crippen LogP contribution in [0.4, 0.5) is 14.5 Å². The molecular weight excluding hydrogens is 576 g/mol. The van der Waals surface area contributed by atoms with Gasteiger partial charge in [-0.2, -0.15) is 10.2 Å². The molecule has 45 heavy (non-hydrogen) atoms. The predicted octanol–water partition coefficient (Wildman–Crippen LogP) is 6.06. The van der Waals surface area contributed by atoms with Crippen LogP contribution in [0.1, 0.15) is 94.1 Å². The van der Waals surface area contributed by atoms with Crippen LogP contribution in [-0.4, -0.2) is 76.0 Å². The van der Waals surface area contributed by atoms with E-state index in [1.165, 1.54) is 11.9 Å². The van der Waals surface area contributed by atoms with Crippen molar-refractivity contribution in [1.82, 2.24) is 29.8 Å². The minimum Gasteiger partial charge on any atom is -0.490 e. The summed E-state index contributed by atoms with van der Waals surface area (Å²) in [6.45, 7) is 8.29. The van der Waals surface area contributed by atoms with Gasteiger partial charge in [-0.15, -0.1) is 0 Å². The van der Waals surface area contributed by atoms with Crippen molar-refractivity contribution < 1.29 is 18.3 Å². The Bertz CT molecular complexity index is 1420. The maximum Gasteiger partial charge on any atom is 0.284 e. The van der Waals surface area contributed by atoms with E-state index in [4.69, 9.17) is 20.3 Å². The van der Waals surface area contributed by atoms with Gasteiger partial charge in [0.1, 0.15) is 5.75 Å². The van der Waals surface area contributed by atoms with E-state index in [1.54, 1.807) is 10.9 Å². The molecule has 4 heterocycles. The molecule has 3 aromatic rings. The summed E-state index contributed by atoms with van der Waals surface area (Å²) in [5, 5.41) is 13.7. The summed E-state index contributed by atoms with van der Waals surface area (Å²) in [6, 6.07) is 6.97. The summed E-state index contributed by atoms with van der Waals surface area (Å²) in [6.07, 6.45) is 10.3. The molecule has 4 aliphatic rings. The van der Waals surface area contributed by atoms with E-state index in [2.05, 4.69) is 45.1 Å². The largest absolute Gasteiger partial charge is 0.490 e.